The van der Waals surface area contributed by atoms with Crippen LogP contribution in [0, 0.1) is 0 Å². The lowest BCUT2D eigenvalue weighted by Crippen LogP contribution is -2.51. The van der Waals surface area contributed by atoms with Gasteiger partial charge in [-0.15, -0.1) is 17.0 Å². The molecule has 5 heteroatoms. The molecule has 1 N–H and O–H groups in total. The summed E-state index contributed by atoms with van der Waals surface area (Å²) in [4.78, 5) is 6.77. The van der Waals surface area contributed by atoms with E-state index in [2.05, 4.69) is 34.2 Å². The third-order valence-corrected chi connectivity index (χ3v) is 5.98. The summed E-state index contributed by atoms with van der Waals surface area (Å²) in [6, 6.07) is 20.6. The molecule has 2 aliphatic heterocycles. The van der Waals surface area contributed by atoms with E-state index < -0.39 is 5.72 Å². The third kappa shape index (κ3) is 3.13. The van der Waals surface area contributed by atoms with E-state index in [4.69, 9.17) is 0 Å². The van der Waals surface area contributed by atoms with Crippen LogP contribution in [-0.4, -0.2) is 34.0 Å². The number of aliphatic imine (C=N–C) groups is 1. The van der Waals surface area contributed by atoms with Crippen molar-refractivity contribution in [1.29, 1.82) is 0 Å². The minimum Gasteiger partial charge on any atom is -0.369 e. The fraction of sp³-hybridized carbons (Fsp3) is 0.316. The van der Waals surface area contributed by atoms with E-state index in [0.717, 1.165) is 35.8 Å². The van der Waals surface area contributed by atoms with E-state index in [1.807, 2.05) is 36.4 Å². The molecule has 0 amide bonds. The Morgan fingerprint density at radius 1 is 1.08 bits per heavy atom. The standard InChI is InChI=1S/C19H20N2OS.BrH/c22-19(14-15-8-3-1-4-9-15)17(16-10-5-2-6-11-16)23-18-20-12-7-13-21(18)19;/h1-6,8-11,17,22H,7,12-14H2;1H. The molecule has 2 aliphatic rings. The Bertz CT molecular complexity index is 710. The molecule has 1 fully saturated rings. The van der Waals surface area contributed by atoms with Crippen LogP contribution in [0.2, 0.25) is 0 Å². The van der Waals surface area contributed by atoms with Crippen LogP contribution in [0.4, 0.5) is 0 Å². The molecular formula is C19H21BrN2OS. The van der Waals surface area contributed by atoms with Crippen molar-refractivity contribution in [3.05, 3.63) is 71.8 Å². The van der Waals surface area contributed by atoms with E-state index in [0.29, 0.717) is 6.42 Å². The topological polar surface area (TPSA) is 35.8 Å². The molecule has 0 spiro atoms. The number of thioether (sulfide) groups is 1. The highest BCUT2D eigenvalue weighted by Gasteiger charge is 2.52. The van der Waals surface area contributed by atoms with Crippen molar-refractivity contribution in [2.45, 2.75) is 23.8 Å². The lowest BCUT2D eigenvalue weighted by molar-refractivity contribution is -0.0657. The molecule has 0 saturated carbocycles. The SMILES string of the molecule is Br.OC1(Cc2ccccc2)C(c2ccccc2)SC2=NCCCN21. The Balaban J connectivity index is 0.00000169. The number of benzene rings is 2. The number of hydrogen-bond donors (Lipinski definition) is 1. The van der Waals surface area contributed by atoms with Gasteiger partial charge in [-0.2, -0.15) is 0 Å². The zero-order valence-electron chi connectivity index (χ0n) is 13.3. The van der Waals surface area contributed by atoms with Crippen LogP contribution in [0.1, 0.15) is 22.8 Å². The molecule has 4 rings (SSSR count). The summed E-state index contributed by atoms with van der Waals surface area (Å²) >= 11 is 1.70. The summed E-state index contributed by atoms with van der Waals surface area (Å²) < 4.78 is 0. The first kappa shape index (κ1) is 17.5. The number of amidine groups is 1. The van der Waals surface area contributed by atoms with Gasteiger partial charge in [-0.3, -0.25) is 4.99 Å². The van der Waals surface area contributed by atoms with E-state index in [-0.39, 0.29) is 22.2 Å². The van der Waals surface area contributed by atoms with Crippen LogP contribution >= 0.6 is 28.7 Å². The van der Waals surface area contributed by atoms with Crippen LogP contribution in [-0.2, 0) is 6.42 Å². The third-order valence-electron chi connectivity index (χ3n) is 4.54. The minimum absolute atomic E-state index is 0. The molecule has 2 atom stereocenters. The Morgan fingerprint density at radius 3 is 2.46 bits per heavy atom. The van der Waals surface area contributed by atoms with E-state index in [9.17, 15) is 5.11 Å². The number of hydrogen-bond acceptors (Lipinski definition) is 4. The van der Waals surface area contributed by atoms with Gasteiger partial charge in [0.1, 0.15) is 0 Å². The zero-order chi connectivity index (χ0) is 15.7. The molecular weight excluding hydrogens is 384 g/mol. The van der Waals surface area contributed by atoms with Crippen molar-refractivity contribution in [1.82, 2.24) is 4.90 Å². The second-order valence-corrected chi connectivity index (χ2v) is 7.19. The number of rotatable bonds is 3. The molecule has 2 aromatic carbocycles. The van der Waals surface area contributed by atoms with Crippen LogP contribution in [0.5, 0.6) is 0 Å². The van der Waals surface area contributed by atoms with Crippen molar-refractivity contribution < 1.29 is 5.11 Å². The molecule has 0 bridgehead atoms. The summed E-state index contributed by atoms with van der Waals surface area (Å²) in [6.45, 7) is 1.74. The lowest BCUT2D eigenvalue weighted by atomic mass is 9.93. The molecule has 2 unspecified atom stereocenters. The first-order chi connectivity index (χ1) is 11.3. The molecule has 3 nitrogen and oxygen atoms in total. The van der Waals surface area contributed by atoms with Gasteiger partial charge < -0.3 is 10.0 Å². The molecule has 0 aromatic heterocycles. The van der Waals surface area contributed by atoms with Crippen LogP contribution in [0.3, 0.4) is 0 Å². The summed E-state index contributed by atoms with van der Waals surface area (Å²) in [5.74, 6) is 0. The van der Waals surface area contributed by atoms with Gasteiger partial charge in [-0.05, 0) is 17.5 Å². The van der Waals surface area contributed by atoms with Crippen LogP contribution < -0.4 is 0 Å². The van der Waals surface area contributed by atoms with E-state index in [1.54, 1.807) is 11.8 Å². The largest absolute Gasteiger partial charge is 0.369 e. The predicted molar refractivity (Wildman–Crippen MR) is 106 cm³/mol. The smallest absolute Gasteiger partial charge is 0.162 e. The first-order valence-corrected chi connectivity index (χ1v) is 8.95. The second kappa shape index (κ2) is 7.30. The number of fused-ring (bicyclic) bond motifs is 1. The maximum atomic E-state index is 11.7. The highest BCUT2D eigenvalue weighted by atomic mass is 79.9. The van der Waals surface area contributed by atoms with Gasteiger partial charge in [-0.1, -0.05) is 72.4 Å². The molecule has 24 heavy (non-hydrogen) atoms. The highest BCUT2D eigenvalue weighted by molar-refractivity contribution is 8.93. The maximum Gasteiger partial charge on any atom is 0.162 e. The second-order valence-electron chi connectivity index (χ2n) is 6.12. The Hall–Kier alpha value is -1.30. The van der Waals surface area contributed by atoms with Crippen molar-refractivity contribution in [2.75, 3.05) is 13.1 Å². The van der Waals surface area contributed by atoms with Crippen LogP contribution in [0.15, 0.2) is 65.7 Å². The monoisotopic (exact) mass is 404 g/mol. The normalized spacial score (nSPS) is 25.6. The van der Waals surface area contributed by atoms with Crippen molar-refractivity contribution in [2.24, 2.45) is 4.99 Å². The molecule has 0 aliphatic carbocycles. The number of aliphatic hydroxyl groups is 1. The fourth-order valence-corrected chi connectivity index (χ4v) is 4.88. The van der Waals surface area contributed by atoms with Crippen molar-refractivity contribution in [3.63, 3.8) is 0 Å². The summed E-state index contributed by atoms with van der Waals surface area (Å²) in [6.07, 6.45) is 1.61. The Morgan fingerprint density at radius 2 is 1.75 bits per heavy atom. The zero-order valence-corrected chi connectivity index (χ0v) is 15.9. The molecule has 2 aromatic rings. The van der Waals surface area contributed by atoms with Gasteiger partial charge in [-0.25, -0.2) is 0 Å². The molecule has 2 heterocycles. The Labute approximate surface area is 157 Å². The lowest BCUT2D eigenvalue weighted by Gasteiger charge is -2.39. The Kier molecular flexibility index (Phi) is 5.33. The molecule has 1 saturated heterocycles. The van der Waals surface area contributed by atoms with Crippen molar-refractivity contribution in [3.8, 4) is 0 Å². The van der Waals surface area contributed by atoms with Gasteiger partial charge >= 0.3 is 0 Å². The van der Waals surface area contributed by atoms with E-state index in [1.165, 1.54) is 0 Å². The van der Waals surface area contributed by atoms with Gasteiger partial charge in [0.25, 0.3) is 0 Å². The summed E-state index contributed by atoms with van der Waals surface area (Å²) in [5, 5.41) is 12.7. The average Bonchev–Trinajstić information content (AvgIpc) is 2.90. The fourth-order valence-electron chi connectivity index (χ4n) is 3.43. The van der Waals surface area contributed by atoms with E-state index >= 15 is 0 Å². The van der Waals surface area contributed by atoms with Gasteiger partial charge in [0, 0.05) is 19.5 Å². The molecule has 126 valence electrons. The summed E-state index contributed by atoms with van der Waals surface area (Å²) in [7, 11) is 0. The minimum atomic E-state index is -0.924. The number of nitrogens with zero attached hydrogens (tertiary/aromatic N) is 2. The quantitative estimate of drug-likeness (QED) is 0.837. The van der Waals surface area contributed by atoms with Gasteiger partial charge in [0.15, 0.2) is 10.9 Å². The summed E-state index contributed by atoms with van der Waals surface area (Å²) in [5.41, 5.74) is 1.39. The molecule has 0 radical (unpaired) electrons. The number of halogens is 1. The average molecular weight is 405 g/mol. The van der Waals surface area contributed by atoms with Crippen LogP contribution in [0.25, 0.3) is 0 Å². The predicted octanol–water partition coefficient (Wildman–Crippen LogP) is 4.05. The van der Waals surface area contributed by atoms with Gasteiger partial charge in [0.05, 0.1) is 5.25 Å². The van der Waals surface area contributed by atoms with Gasteiger partial charge in [0.2, 0.25) is 0 Å². The maximum absolute atomic E-state index is 11.7. The first-order valence-electron chi connectivity index (χ1n) is 8.07. The highest BCUT2D eigenvalue weighted by Crippen LogP contribution is 2.51. The van der Waals surface area contributed by atoms with Crippen molar-refractivity contribution >= 4 is 33.9 Å².